The number of fused-ring (bicyclic) bond motifs is 1. The van der Waals surface area contributed by atoms with Crippen LogP contribution in [0.4, 0.5) is 0 Å². The van der Waals surface area contributed by atoms with Crippen molar-refractivity contribution in [2.45, 2.75) is 20.1 Å². The Hall–Kier alpha value is -4.81. The summed E-state index contributed by atoms with van der Waals surface area (Å²) >= 11 is 6.48. The number of benzene rings is 5. The summed E-state index contributed by atoms with van der Waals surface area (Å²) < 4.78 is 17.6. The highest BCUT2D eigenvalue weighted by Gasteiger charge is 2.12. The molecule has 0 saturated heterocycles. The number of hydrogen-bond donors (Lipinski definition) is 1. The number of hydrogen-bond acceptors (Lipinski definition) is 5. The molecule has 206 valence electrons. The Morgan fingerprint density at radius 2 is 1.54 bits per heavy atom. The molecule has 7 heteroatoms. The van der Waals surface area contributed by atoms with E-state index < -0.39 is 0 Å². The van der Waals surface area contributed by atoms with Gasteiger partial charge in [-0.3, -0.25) is 4.79 Å². The first kappa shape index (κ1) is 27.7. The molecular weight excluding hydrogens is 536 g/mol. The maximum atomic E-state index is 12.7. The maximum absolute atomic E-state index is 12.7. The zero-order valence-electron chi connectivity index (χ0n) is 22.5. The maximum Gasteiger partial charge on any atom is 0.271 e. The number of carbonyl (C=O) groups excluding carboxylic acids is 1. The Balaban J connectivity index is 1.19. The predicted molar refractivity (Wildman–Crippen MR) is 163 cm³/mol. The first-order valence-corrected chi connectivity index (χ1v) is 13.6. The second-order valence-corrected chi connectivity index (χ2v) is 9.59. The number of carbonyl (C=O) groups is 1. The zero-order valence-corrected chi connectivity index (χ0v) is 23.3. The molecular formula is C34H29ClN2O4. The minimum atomic E-state index is -0.377. The lowest BCUT2D eigenvalue weighted by molar-refractivity contribution is 0.0954. The molecule has 0 aliphatic rings. The Bertz CT molecular complexity index is 1670. The zero-order chi connectivity index (χ0) is 28.4. The van der Waals surface area contributed by atoms with Gasteiger partial charge in [0.05, 0.1) is 17.8 Å². The SMILES string of the molecule is CCOc1cc(C(=O)N/N=C/c2ccc(OCc3cccc4ccccc34)c(Cl)c2)ccc1OCc1ccccc1. The summed E-state index contributed by atoms with van der Waals surface area (Å²) in [5, 5.41) is 6.85. The van der Waals surface area contributed by atoms with E-state index >= 15 is 0 Å². The number of hydrazone groups is 1. The van der Waals surface area contributed by atoms with Gasteiger partial charge in [0, 0.05) is 5.56 Å². The second-order valence-electron chi connectivity index (χ2n) is 9.18. The van der Waals surface area contributed by atoms with Crippen LogP contribution in [-0.2, 0) is 13.2 Å². The molecule has 0 aliphatic heterocycles. The topological polar surface area (TPSA) is 69.2 Å². The molecule has 0 atom stereocenters. The van der Waals surface area contributed by atoms with Crippen molar-refractivity contribution in [3.63, 3.8) is 0 Å². The van der Waals surface area contributed by atoms with Crippen LogP contribution in [0, 0.1) is 0 Å². The van der Waals surface area contributed by atoms with Crippen LogP contribution in [0.5, 0.6) is 17.2 Å². The average Bonchev–Trinajstić information content (AvgIpc) is 3.00. The fraction of sp³-hybridized carbons (Fsp3) is 0.118. The normalized spacial score (nSPS) is 11.0. The molecule has 41 heavy (non-hydrogen) atoms. The average molecular weight is 565 g/mol. The summed E-state index contributed by atoms with van der Waals surface area (Å²) in [7, 11) is 0. The van der Waals surface area contributed by atoms with Crippen molar-refractivity contribution in [1.82, 2.24) is 5.43 Å². The Morgan fingerprint density at radius 3 is 2.37 bits per heavy atom. The van der Waals surface area contributed by atoms with Crippen LogP contribution in [0.2, 0.25) is 5.02 Å². The van der Waals surface area contributed by atoms with E-state index in [0.29, 0.717) is 53.2 Å². The molecule has 1 N–H and O–H groups in total. The van der Waals surface area contributed by atoms with Gasteiger partial charge in [0.25, 0.3) is 5.91 Å². The first-order chi connectivity index (χ1) is 20.1. The Kier molecular flexibility index (Phi) is 9.14. The highest BCUT2D eigenvalue weighted by molar-refractivity contribution is 6.32. The smallest absolute Gasteiger partial charge is 0.271 e. The van der Waals surface area contributed by atoms with Crippen molar-refractivity contribution in [3.05, 3.63) is 136 Å². The molecule has 0 heterocycles. The quantitative estimate of drug-likeness (QED) is 0.131. The van der Waals surface area contributed by atoms with Crippen LogP contribution >= 0.6 is 11.6 Å². The van der Waals surface area contributed by atoms with E-state index in [0.717, 1.165) is 21.9 Å². The minimum Gasteiger partial charge on any atom is -0.490 e. The van der Waals surface area contributed by atoms with E-state index in [-0.39, 0.29) is 5.91 Å². The molecule has 5 aromatic carbocycles. The molecule has 5 rings (SSSR count). The minimum absolute atomic E-state index is 0.377. The van der Waals surface area contributed by atoms with Gasteiger partial charge in [-0.25, -0.2) is 5.43 Å². The fourth-order valence-electron chi connectivity index (χ4n) is 4.29. The standard InChI is InChI=1S/C34H29ClN2O4/c1-2-39-33-20-27(16-18-32(33)40-22-24-9-4-3-5-10-24)34(38)37-36-21-25-15-17-31(30(35)19-25)41-23-28-13-8-12-26-11-6-7-14-29(26)28/h3-21H,2,22-23H2,1H3,(H,37,38)/b36-21+. The molecule has 0 aliphatic carbocycles. The highest BCUT2D eigenvalue weighted by Crippen LogP contribution is 2.30. The van der Waals surface area contributed by atoms with E-state index in [4.69, 9.17) is 25.8 Å². The molecule has 6 nitrogen and oxygen atoms in total. The number of rotatable bonds is 11. The Morgan fingerprint density at radius 1 is 0.780 bits per heavy atom. The molecule has 0 saturated carbocycles. The van der Waals surface area contributed by atoms with Crippen LogP contribution in [-0.4, -0.2) is 18.7 Å². The van der Waals surface area contributed by atoms with E-state index in [1.165, 1.54) is 6.21 Å². The van der Waals surface area contributed by atoms with Crippen molar-refractivity contribution in [2.75, 3.05) is 6.61 Å². The van der Waals surface area contributed by atoms with Crippen LogP contribution in [0.1, 0.15) is 34.0 Å². The van der Waals surface area contributed by atoms with Gasteiger partial charge in [0.2, 0.25) is 0 Å². The number of nitrogens with one attached hydrogen (secondary N) is 1. The van der Waals surface area contributed by atoms with Crippen molar-refractivity contribution < 1.29 is 19.0 Å². The summed E-state index contributed by atoms with van der Waals surface area (Å²) in [5.74, 6) is 1.25. The number of ether oxygens (including phenoxy) is 3. The molecule has 0 bridgehead atoms. The molecule has 0 fully saturated rings. The van der Waals surface area contributed by atoms with Crippen LogP contribution in [0.15, 0.2) is 114 Å². The van der Waals surface area contributed by atoms with Gasteiger partial charge in [0.1, 0.15) is 19.0 Å². The van der Waals surface area contributed by atoms with Crippen molar-refractivity contribution in [2.24, 2.45) is 5.10 Å². The van der Waals surface area contributed by atoms with Gasteiger partial charge in [-0.2, -0.15) is 5.10 Å². The first-order valence-electron chi connectivity index (χ1n) is 13.3. The lowest BCUT2D eigenvalue weighted by atomic mass is 10.1. The molecule has 0 unspecified atom stereocenters. The number of amides is 1. The largest absolute Gasteiger partial charge is 0.490 e. The third-order valence-corrected chi connectivity index (χ3v) is 6.64. The van der Waals surface area contributed by atoms with Gasteiger partial charge in [-0.1, -0.05) is 84.4 Å². The van der Waals surface area contributed by atoms with Crippen LogP contribution < -0.4 is 19.6 Å². The number of nitrogens with zero attached hydrogens (tertiary/aromatic N) is 1. The third kappa shape index (κ3) is 7.24. The Labute approximate surface area is 244 Å². The molecule has 1 amide bonds. The van der Waals surface area contributed by atoms with Crippen molar-refractivity contribution in [1.29, 1.82) is 0 Å². The summed E-state index contributed by atoms with van der Waals surface area (Å²) in [4.78, 5) is 12.7. The van der Waals surface area contributed by atoms with E-state index in [9.17, 15) is 4.79 Å². The highest BCUT2D eigenvalue weighted by atomic mass is 35.5. The van der Waals surface area contributed by atoms with Crippen LogP contribution in [0.25, 0.3) is 10.8 Å². The van der Waals surface area contributed by atoms with Crippen molar-refractivity contribution >= 4 is 34.5 Å². The van der Waals surface area contributed by atoms with Crippen molar-refractivity contribution in [3.8, 4) is 17.2 Å². The second kappa shape index (κ2) is 13.5. The van der Waals surface area contributed by atoms with E-state index in [1.54, 1.807) is 30.3 Å². The summed E-state index contributed by atoms with van der Waals surface area (Å²) in [6, 6.07) is 34.6. The monoisotopic (exact) mass is 564 g/mol. The summed E-state index contributed by atoms with van der Waals surface area (Å²) in [5.41, 5.74) is 5.78. The summed E-state index contributed by atoms with van der Waals surface area (Å²) in [6.07, 6.45) is 1.53. The van der Waals surface area contributed by atoms with Crippen LogP contribution in [0.3, 0.4) is 0 Å². The van der Waals surface area contributed by atoms with Gasteiger partial charge in [0.15, 0.2) is 11.5 Å². The summed E-state index contributed by atoms with van der Waals surface area (Å²) in [6.45, 7) is 3.10. The molecule has 0 spiro atoms. The van der Waals surface area contributed by atoms with Gasteiger partial charge < -0.3 is 14.2 Å². The number of halogens is 1. The molecule has 5 aromatic rings. The molecule has 0 aromatic heterocycles. The lowest BCUT2D eigenvalue weighted by Gasteiger charge is -2.13. The third-order valence-electron chi connectivity index (χ3n) is 6.34. The predicted octanol–water partition coefficient (Wildman–Crippen LogP) is 7.81. The lowest BCUT2D eigenvalue weighted by Crippen LogP contribution is -2.17. The van der Waals surface area contributed by atoms with E-state index in [1.807, 2.05) is 67.6 Å². The van der Waals surface area contributed by atoms with Gasteiger partial charge in [-0.15, -0.1) is 0 Å². The van der Waals surface area contributed by atoms with E-state index in [2.05, 4.69) is 28.7 Å². The van der Waals surface area contributed by atoms with Gasteiger partial charge in [-0.05, 0) is 70.8 Å². The van der Waals surface area contributed by atoms with Gasteiger partial charge >= 0.3 is 0 Å². The fourth-order valence-corrected chi connectivity index (χ4v) is 4.53. The molecule has 0 radical (unpaired) electrons.